The smallest absolute Gasteiger partial charge is 0.247 e. The van der Waals surface area contributed by atoms with Gasteiger partial charge in [0.05, 0.1) is 11.3 Å². The summed E-state index contributed by atoms with van der Waals surface area (Å²) in [6, 6.07) is 9.51. The second-order valence-electron chi connectivity index (χ2n) is 6.57. The molecular formula is C19H16ClN5OS. The average Bonchev–Trinajstić information content (AvgIpc) is 3.38. The zero-order valence-electron chi connectivity index (χ0n) is 14.4. The molecule has 5 rings (SSSR count). The molecule has 0 amide bonds. The Hall–Kier alpha value is -2.51. The number of anilines is 1. The summed E-state index contributed by atoms with van der Waals surface area (Å²) >= 11 is 7.59. The van der Waals surface area contributed by atoms with Gasteiger partial charge in [-0.2, -0.15) is 0 Å². The van der Waals surface area contributed by atoms with Crippen molar-refractivity contribution in [1.29, 1.82) is 0 Å². The number of nitrogens with zero attached hydrogens (tertiary/aromatic N) is 5. The summed E-state index contributed by atoms with van der Waals surface area (Å²) in [6.07, 6.45) is 3.72. The standard InChI is InChI=1S/C19H16ClN5OS/c20-14-5-3-12(4-6-14)17-23-24-18(26-17)13-2-1-8-25(10-13)16-15-7-9-27-19(15)22-11-21-16/h3-7,9,11,13H,1-2,8,10H2. The molecule has 1 aliphatic rings. The molecule has 3 aromatic heterocycles. The van der Waals surface area contributed by atoms with Gasteiger partial charge in [-0.05, 0) is 48.6 Å². The van der Waals surface area contributed by atoms with Crippen LogP contribution in [0.3, 0.4) is 0 Å². The van der Waals surface area contributed by atoms with Crippen molar-refractivity contribution in [2.45, 2.75) is 18.8 Å². The Labute approximate surface area is 164 Å². The lowest BCUT2D eigenvalue weighted by atomic mass is 9.98. The molecule has 27 heavy (non-hydrogen) atoms. The fourth-order valence-corrected chi connectivity index (χ4v) is 4.36. The van der Waals surface area contributed by atoms with E-state index in [1.54, 1.807) is 17.7 Å². The van der Waals surface area contributed by atoms with Gasteiger partial charge in [0.1, 0.15) is 17.0 Å². The lowest BCUT2D eigenvalue weighted by Gasteiger charge is -2.32. The average molecular weight is 398 g/mol. The van der Waals surface area contributed by atoms with Crippen molar-refractivity contribution < 1.29 is 4.42 Å². The van der Waals surface area contributed by atoms with E-state index in [-0.39, 0.29) is 5.92 Å². The van der Waals surface area contributed by atoms with Crippen LogP contribution in [-0.2, 0) is 0 Å². The second kappa shape index (κ2) is 6.90. The molecule has 1 atom stereocenters. The first-order valence-corrected chi connectivity index (χ1v) is 10.1. The molecule has 6 nitrogen and oxygen atoms in total. The highest BCUT2D eigenvalue weighted by molar-refractivity contribution is 7.16. The van der Waals surface area contributed by atoms with Crippen LogP contribution in [0.5, 0.6) is 0 Å². The first-order valence-electron chi connectivity index (χ1n) is 8.80. The fourth-order valence-electron chi connectivity index (χ4n) is 3.51. The number of benzene rings is 1. The Balaban J connectivity index is 1.40. The molecule has 0 aliphatic carbocycles. The maximum Gasteiger partial charge on any atom is 0.247 e. The van der Waals surface area contributed by atoms with Crippen molar-refractivity contribution in [3.05, 3.63) is 53.0 Å². The highest BCUT2D eigenvalue weighted by Crippen LogP contribution is 2.33. The molecule has 0 saturated carbocycles. The van der Waals surface area contributed by atoms with Crippen LogP contribution in [0.1, 0.15) is 24.7 Å². The van der Waals surface area contributed by atoms with E-state index in [2.05, 4.69) is 36.5 Å². The van der Waals surface area contributed by atoms with E-state index in [9.17, 15) is 0 Å². The predicted octanol–water partition coefficient (Wildman–Crippen LogP) is 4.78. The van der Waals surface area contributed by atoms with Gasteiger partial charge < -0.3 is 9.32 Å². The topological polar surface area (TPSA) is 67.9 Å². The van der Waals surface area contributed by atoms with Crippen LogP contribution in [0.15, 0.2) is 46.5 Å². The van der Waals surface area contributed by atoms with Crippen LogP contribution in [0.4, 0.5) is 5.82 Å². The predicted molar refractivity (Wildman–Crippen MR) is 106 cm³/mol. The number of thiophene rings is 1. The lowest BCUT2D eigenvalue weighted by Crippen LogP contribution is -2.35. The van der Waals surface area contributed by atoms with Crippen molar-refractivity contribution in [2.24, 2.45) is 0 Å². The van der Waals surface area contributed by atoms with E-state index in [1.807, 2.05) is 24.3 Å². The quantitative estimate of drug-likeness (QED) is 0.495. The van der Waals surface area contributed by atoms with Gasteiger partial charge in [0, 0.05) is 23.7 Å². The maximum atomic E-state index is 5.98. The van der Waals surface area contributed by atoms with E-state index >= 15 is 0 Å². The molecule has 136 valence electrons. The van der Waals surface area contributed by atoms with Gasteiger partial charge >= 0.3 is 0 Å². The molecule has 0 spiro atoms. The van der Waals surface area contributed by atoms with Crippen molar-refractivity contribution in [3.8, 4) is 11.5 Å². The van der Waals surface area contributed by atoms with Crippen molar-refractivity contribution in [1.82, 2.24) is 20.2 Å². The Bertz CT molecular complexity index is 1080. The molecule has 4 heterocycles. The molecule has 4 aromatic rings. The summed E-state index contributed by atoms with van der Waals surface area (Å²) in [5.41, 5.74) is 0.876. The molecule has 8 heteroatoms. The summed E-state index contributed by atoms with van der Waals surface area (Å²) < 4.78 is 5.98. The highest BCUT2D eigenvalue weighted by Gasteiger charge is 2.27. The summed E-state index contributed by atoms with van der Waals surface area (Å²) in [4.78, 5) is 12.2. The minimum absolute atomic E-state index is 0.191. The van der Waals surface area contributed by atoms with Crippen molar-refractivity contribution in [3.63, 3.8) is 0 Å². The number of rotatable bonds is 3. The van der Waals surface area contributed by atoms with E-state index in [1.165, 1.54) is 0 Å². The Morgan fingerprint density at radius 2 is 2.00 bits per heavy atom. The fraction of sp³-hybridized carbons (Fsp3) is 0.263. The molecule has 1 aliphatic heterocycles. The molecular weight excluding hydrogens is 382 g/mol. The van der Waals surface area contributed by atoms with Crippen LogP contribution in [0, 0.1) is 0 Å². The number of fused-ring (bicyclic) bond motifs is 1. The third-order valence-electron chi connectivity index (χ3n) is 4.84. The van der Waals surface area contributed by atoms with Crippen LogP contribution in [0.2, 0.25) is 5.02 Å². The highest BCUT2D eigenvalue weighted by atomic mass is 35.5. The lowest BCUT2D eigenvalue weighted by molar-refractivity contribution is 0.403. The summed E-state index contributed by atoms with van der Waals surface area (Å²) in [6.45, 7) is 1.78. The normalized spacial score (nSPS) is 17.5. The van der Waals surface area contributed by atoms with E-state index in [0.717, 1.165) is 47.5 Å². The molecule has 1 saturated heterocycles. The number of aromatic nitrogens is 4. The first kappa shape index (κ1) is 16.6. The molecule has 1 unspecified atom stereocenters. The minimum Gasteiger partial charge on any atom is -0.420 e. The van der Waals surface area contributed by atoms with Gasteiger partial charge in [-0.1, -0.05) is 11.6 Å². The molecule has 0 bridgehead atoms. The molecule has 1 fully saturated rings. The molecule has 0 radical (unpaired) electrons. The summed E-state index contributed by atoms with van der Waals surface area (Å²) in [5, 5.41) is 12.4. The van der Waals surface area contributed by atoms with Gasteiger partial charge in [0.25, 0.3) is 0 Å². The summed E-state index contributed by atoms with van der Waals surface area (Å²) in [5.74, 6) is 2.39. The van der Waals surface area contributed by atoms with Gasteiger partial charge in [-0.25, -0.2) is 9.97 Å². The van der Waals surface area contributed by atoms with Crippen molar-refractivity contribution in [2.75, 3.05) is 18.0 Å². The van der Waals surface area contributed by atoms with Crippen LogP contribution >= 0.6 is 22.9 Å². The van der Waals surface area contributed by atoms with E-state index in [4.69, 9.17) is 16.0 Å². The molecule has 0 N–H and O–H groups in total. The number of piperidine rings is 1. The summed E-state index contributed by atoms with van der Waals surface area (Å²) in [7, 11) is 0. The van der Waals surface area contributed by atoms with E-state index < -0.39 is 0 Å². The van der Waals surface area contributed by atoms with Crippen molar-refractivity contribution >= 4 is 39.0 Å². The van der Waals surface area contributed by atoms with Gasteiger partial charge in [-0.15, -0.1) is 21.5 Å². The zero-order chi connectivity index (χ0) is 18.2. The molecule has 1 aromatic carbocycles. The number of halogens is 1. The minimum atomic E-state index is 0.191. The Morgan fingerprint density at radius 1 is 1.11 bits per heavy atom. The Kier molecular flexibility index (Phi) is 4.26. The Morgan fingerprint density at radius 3 is 2.89 bits per heavy atom. The van der Waals surface area contributed by atoms with E-state index in [0.29, 0.717) is 16.8 Å². The van der Waals surface area contributed by atoms with Crippen LogP contribution in [-0.4, -0.2) is 33.3 Å². The number of hydrogen-bond donors (Lipinski definition) is 0. The maximum absolute atomic E-state index is 5.98. The number of hydrogen-bond acceptors (Lipinski definition) is 7. The van der Waals surface area contributed by atoms with Gasteiger partial charge in [0.15, 0.2) is 0 Å². The second-order valence-corrected chi connectivity index (χ2v) is 7.91. The zero-order valence-corrected chi connectivity index (χ0v) is 16.0. The SMILES string of the molecule is Clc1ccc(-c2nnc(C3CCCN(c4ncnc5sccc45)C3)o2)cc1. The van der Waals surface area contributed by atoms with Crippen LogP contribution in [0.25, 0.3) is 21.7 Å². The first-order chi connectivity index (χ1) is 13.3. The van der Waals surface area contributed by atoms with Gasteiger partial charge in [0.2, 0.25) is 11.8 Å². The third kappa shape index (κ3) is 3.17. The third-order valence-corrected chi connectivity index (χ3v) is 5.92. The monoisotopic (exact) mass is 397 g/mol. The van der Waals surface area contributed by atoms with Crippen LogP contribution < -0.4 is 4.90 Å². The largest absolute Gasteiger partial charge is 0.420 e. The van der Waals surface area contributed by atoms with Gasteiger partial charge in [-0.3, -0.25) is 0 Å².